The fourth-order valence-electron chi connectivity index (χ4n) is 2.15. The lowest BCUT2D eigenvalue weighted by Crippen LogP contribution is -2.27. The van der Waals surface area contributed by atoms with Crippen molar-refractivity contribution in [2.75, 3.05) is 4.72 Å². The quantitative estimate of drug-likeness (QED) is 0.851. The van der Waals surface area contributed by atoms with Crippen LogP contribution < -0.4 is 10.0 Å². The van der Waals surface area contributed by atoms with E-state index >= 15 is 0 Å². The molecule has 0 spiro atoms. The molecular weight excluding hydrogens is 355 g/mol. The predicted molar refractivity (Wildman–Crippen MR) is 89.1 cm³/mol. The molecule has 0 unspecified atom stereocenters. The molecule has 2 aromatic carbocycles. The van der Waals surface area contributed by atoms with E-state index in [9.17, 15) is 17.6 Å². The molecule has 0 saturated heterocycles. The van der Waals surface area contributed by atoms with Crippen LogP contribution in [0, 0.1) is 5.82 Å². The van der Waals surface area contributed by atoms with Crippen LogP contribution in [0.5, 0.6) is 0 Å². The second-order valence-electron chi connectivity index (χ2n) is 5.47. The topological polar surface area (TPSA) is 75.3 Å². The number of hydrogen-bond acceptors (Lipinski definition) is 3. The van der Waals surface area contributed by atoms with Gasteiger partial charge in [-0.25, -0.2) is 12.8 Å². The summed E-state index contributed by atoms with van der Waals surface area (Å²) in [6.07, 6.45) is 1.82. The van der Waals surface area contributed by atoms with E-state index in [0.717, 1.165) is 25.0 Å². The SMILES string of the molecule is O=C(NC1CC1)c1ccccc1NS(=O)(=O)c1ccc(Cl)cc1F. The van der Waals surface area contributed by atoms with Gasteiger partial charge in [0.1, 0.15) is 10.7 Å². The number of halogens is 2. The van der Waals surface area contributed by atoms with Crippen molar-refractivity contribution in [1.82, 2.24) is 5.32 Å². The van der Waals surface area contributed by atoms with Gasteiger partial charge in [-0.1, -0.05) is 23.7 Å². The molecule has 1 saturated carbocycles. The molecule has 1 aliphatic rings. The van der Waals surface area contributed by atoms with Crippen LogP contribution in [-0.2, 0) is 10.0 Å². The third-order valence-corrected chi connectivity index (χ3v) is 5.15. The molecule has 126 valence electrons. The number of carbonyl (C=O) groups excluding carboxylic acids is 1. The molecular formula is C16H14ClFN2O3S. The van der Waals surface area contributed by atoms with E-state index in [1.165, 1.54) is 18.2 Å². The Kier molecular flexibility index (Phi) is 4.47. The highest BCUT2D eigenvalue weighted by atomic mass is 35.5. The van der Waals surface area contributed by atoms with Crippen molar-refractivity contribution in [2.24, 2.45) is 0 Å². The molecule has 2 N–H and O–H groups in total. The zero-order valence-corrected chi connectivity index (χ0v) is 14.0. The molecule has 0 radical (unpaired) electrons. The maximum absolute atomic E-state index is 13.9. The van der Waals surface area contributed by atoms with Crippen molar-refractivity contribution in [3.05, 3.63) is 58.9 Å². The lowest BCUT2D eigenvalue weighted by molar-refractivity contribution is 0.0952. The van der Waals surface area contributed by atoms with Gasteiger partial charge in [0.25, 0.3) is 15.9 Å². The van der Waals surface area contributed by atoms with Crippen LogP contribution in [0.3, 0.4) is 0 Å². The number of benzene rings is 2. The molecule has 24 heavy (non-hydrogen) atoms. The minimum Gasteiger partial charge on any atom is -0.349 e. The molecule has 5 nitrogen and oxygen atoms in total. The highest BCUT2D eigenvalue weighted by molar-refractivity contribution is 7.92. The first kappa shape index (κ1) is 16.7. The molecule has 0 bridgehead atoms. The zero-order valence-electron chi connectivity index (χ0n) is 12.4. The molecule has 0 atom stereocenters. The van der Waals surface area contributed by atoms with Gasteiger partial charge in [-0.3, -0.25) is 9.52 Å². The van der Waals surface area contributed by atoms with Crippen LogP contribution in [0.1, 0.15) is 23.2 Å². The van der Waals surface area contributed by atoms with Crippen molar-refractivity contribution in [1.29, 1.82) is 0 Å². The first-order valence-electron chi connectivity index (χ1n) is 7.24. The van der Waals surface area contributed by atoms with Gasteiger partial charge in [0, 0.05) is 11.1 Å². The lowest BCUT2D eigenvalue weighted by atomic mass is 10.1. The molecule has 0 heterocycles. The van der Waals surface area contributed by atoms with E-state index in [-0.39, 0.29) is 28.2 Å². The number of nitrogens with one attached hydrogen (secondary N) is 2. The van der Waals surface area contributed by atoms with Crippen molar-refractivity contribution in [2.45, 2.75) is 23.8 Å². The first-order valence-corrected chi connectivity index (χ1v) is 9.11. The monoisotopic (exact) mass is 368 g/mol. The maximum atomic E-state index is 13.9. The van der Waals surface area contributed by atoms with Crippen LogP contribution in [0.4, 0.5) is 10.1 Å². The van der Waals surface area contributed by atoms with E-state index in [0.29, 0.717) is 0 Å². The van der Waals surface area contributed by atoms with E-state index < -0.39 is 20.7 Å². The lowest BCUT2D eigenvalue weighted by Gasteiger charge is -2.13. The van der Waals surface area contributed by atoms with Gasteiger partial charge in [0.2, 0.25) is 0 Å². The van der Waals surface area contributed by atoms with Gasteiger partial charge in [0.15, 0.2) is 0 Å². The molecule has 8 heteroatoms. The highest BCUT2D eigenvalue weighted by Crippen LogP contribution is 2.25. The van der Waals surface area contributed by atoms with Gasteiger partial charge in [0.05, 0.1) is 11.3 Å². The van der Waals surface area contributed by atoms with E-state index in [1.54, 1.807) is 12.1 Å². The number of carbonyl (C=O) groups is 1. The Morgan fingerprint density at radius 1 is 1.17 bits per heavy atom. The molecule has 1 aliphatic carbocycles. The first-order chi connectivity index (χ1) is 11.4. The van der Waals surface area contributed by atoms with Crippen LogP contribution in [-0.4, -0.2) is 20.4 Å². The van der Waals surface area contributed by atoms with E-state index in [2.05, 4.69) is 10.0 Å². The standard InChI is InChI=1S/C16H14ClFN2O3S/c17-10-5-8-15(13(18)9-10)24(22,23)20-14-4-2-1-3-12(14)16(21)19-11-6-7-11/h1-5,8-9,11,20H,6-7H2,(H,19,21). The molecule has 0 aromatic heterocycles. The number of para-hydroxylation sites is 1. The average molecular weight is 369 g/mol. The van der Waals surface area contributed by atoms with Gasteiger partial charge >= 0.3 is 0 Å². The largest absolute Gasteiger partial charge is 0.349 e. The number of anilines is 1. The van der Waals surface area contributed by atoms with Gasteiger partial charge in [-0.05, 0) is 43.2 Å². The van der Waals surface area contributed by atoms with Crippen LogP contribution in [0.2, 0.25) is 5.02 Å². The molecule has 3 rings (SSSR count). The van der Waals surface area contributed by atoms with Crippen molar-refractivity contribution in [3.63, 3.8) is 0 Å². The van der Waals surface area contributed by atoms with Crippen molar-refractivity contribution >= 4 is 33.2 Å². The summed E-state index contributed by atoms with van der Waals surface area (Å²) in [5, 5.41) is 2.88. The molecule has 1 fully saturated rings. The number of rotatable bonds is 5. The summed E-state index contributed by atoms with van der Waals surface area (Å²) < 4.78 is 41.0. The summed E-state index contributed by atoms with van der Waals surface area (Å²) in [6.45, 7) is 0. The maximum Gasteiger partial charge on any atom is 0.264 e. The van der Waals surface area contributed by atoms with Gasteiger partial charge < -0.3 is 5.32 Å². The minimum atomic E-state index is -4.19. The fraction of sp³-hybridized carbons (Fsp3) is 0.188. The normalized spacial score (nSPS) is 14.2. The second kappa shape index (κ2) is 6.41. The Hall–Kier alpha value is -2.12. The Labute approximate surface area is 143 Å². The zero-order chi connectivity index (χ0) is 17.3. The van der Waals surface area contributed by atoms with Crippen molar-refractivity contribution in [3.8, 4) is 0 Å². The summed E-state index contributed by atoms with van der Waals surface area (Å²) >= 11 is 5.64. The Morgan fingerprint density at radius 2 is 1.88 bits per heavy atom. The van der Waals surface area contributed by atoms with Crippen molar-refractivity contribution < 1.29 is 17.6 Å². The molecule has 1 amide bonds. The van der Waals surface area contributed by atoms with Gasteiger partial charge in [-0.15, -0.1) is 0 Å². The highest BCUT2D eigenvalue weighted by Gasteiger charge is 2.26. The number of sulfonamides is 1. The fourth-order valence-corrected chi connectivity index (χ4v) is 3.45. The van der Waals surface area contributed by atoms with Crippen LogP contribution >= 0.6 is 11.6 Å². The summed E-state index contributed by atoms with van der Waals surface area (Å²) in [6, 6.07) is 9.59. The third-order valence-electron chi connectivity index (χ3n) is 3.51. The van der Waals surface area contributed by atoms with Crippen LogP contribution in [0.15, 0.2) is 47.4 Å². The van der Waals surface area contributed by atoms with Crippen LogP contribution in [0.25, 0.3) is 0 Å². The van der Waals surface area contributed by atoms with E-state index in [1.807, 2.05) is 0 Å². The average Bonchev–Trinajstić information content (AvgIpc) is 3.30. The Morgan fingerprint density at radius 3 is 2.54 bits per heavy atom. The molecule has 2 aromatic rings. The summed E-state index contributed by atoms with van der Waals surface area (Å²) in [5.41, 5.74) is 0.271. The smallest absolute Gasteiger partial charge is 0.264 e. The summed E-state index contributed by atoms with van der Waals surface area (Å²) in [5.74, 6) is -1.33. The Bertz CT molecular complexity index is 898. The Balaban J connectivity index is 1.91. The summed E-state index contributed by atoms with van der Waals surface area (Å²) in [7, 11) is -4.19. The third kappa shape index (κ3) is 3.68. The van der Waals surface area contributed by atoms with Gasteiger partial charge in [-0.2, -0.15) is 0 Å². The second-order valence-corrected chi connectivity index (χ2v) is 7.56. The summed E-state index contributed by atoms with van der Waals surface area (Å²) in [4.78, 5) is 11.7. The number of amides is 1. The minimum absolute atomic E-state index is 0.0880. The number of hydrogen-bond donors (Lipinski definition) is 2. The van der Waals surface area contributed by atoms with E-state index in [4.69, 9.17) is 11.6 Å². The predicted octanol–water partition coefficient (Wildman–Crippen LogP) is 3.17. The molecule has 0 aliphatic heterocycles.